The number of nitrogens with zero attached hydrogens (tertiary/aromatic N) is 3. The van der Waals surface area contributed by atoms with Crippen LogP contribution in [0.4, 0.5) is 0 Å². The van der Waals surface area contributed by atoms with Crippen molar-refractivity contribution < 1.29 is 0 Å². The molecule has 0 amide bonds. The van der Waals surface area contributed by atoms with E-state index in [0.717, 1.165) is 16.7 Å². The summed E-state index contributed by atoms with van der Waals surface area (Å²) in [4.78, 5) is 0. The van der Waals surface area contributed by atoms with Crippen molar-refractivity contribution in [2.75, 3.05) is 0 Å². The third-order valence-electron chi connectivity index (χ3n) is 6.01. The first kappa shape index (κ1) is 20.7. The Hall–Kier alpha value is -3.56. The van der Waals surface area contributed by atoms with E-state index in [9.17, 15) is 10.5 Å². The topological polar surface area (TPSA) is 52.5 Å². The summed E-state index contributed by atoms with van der Waals surface area (Å²) in [5, 5.41) is 21.7. The van der Waals surface area contributed by atoms with Crippen molar-refractivity contribution in [1.29, 1.82) is 10.5 Å². The van der Waals surface area contributed by atoms with Gasteiger partial charge in [0.1, 0.15) is 12.1 Å². The highest BCUT2D eigenvalue weighted by molar-refractivity contribution is 6.10. The van der Waals surface area contributed by atoms with Gasteiger partial charge in [0, 0.05) is 10.8 Å². The van der Waals surface area contributed by atoms with Gasteiger partial charge in [-0.25, -0.2) is 0 Å². The molecule has 0 saturated heterocycles. The quantitative estimate of drug-likeness (QED) is 0.338. The number of nitriles is 2. The molecule has 1 aromatic heterocycles. The molecule has 3 heteroatoms. The summed E-state index contributed by atoms with van der Waals surface area (Å²) in [6.45, 7) is 13.3. The van der Waals surface area contributed by atoms with E-state index in [0.29, 0.717) is 11.1 Å². The highest BCUT2D eigenvalue weighted by Gasteiger charge is 2.22. The van der Waals surface area contributed by atoms with E-state index in [1.807, 2.05) is 12.1 Å². The molecule has 4 rings (SSSR count). The standard InChI is InChI=1S/C28H27N3/c1-27(2,3)19-10-12-25-21(14-19)22-15-20(28(4,5)6)11-13-26(22)31(25)24-9-7-8-18(16-29)23(24)17-30/h7-15H,1-6H3. The third-order valence-corrected chi connectivity index (χ3v) is 6.01. The van der Waals surface area contributed by atoms with E-state index in [4.69, 9.17) is 0 Å². The average molecular weight is 406 g/mol. The number of aromatic nitrogens is 1. The van der Waals surface area contributed by atoms with Gasteiger partial charge in [0.25, 0.3) is 0 Å². The molecule has 0 radical (unpaired) electrons. The second-order valence-corrected chi connectivity index (χ2v) is 10.2. The van der Waals surface area contributed by atoms with Crippen molar-refractivity contribution >= 4 is 21.8 Å². The number of hydrogen-bond acceptors (Lipinski definition) is 2. The second kappa shape index (κ2) is 7.00. The van der Waals surface area contributed by atoms with Gasteiger partial charge in [0.15, 0.2) is 0 Å². The van der Waals surface area contributed by atoms with Crippen LogP contribution in [0.1, 0.15) is 63.8 Å². The molecule has 0 fully saturated rings. The van der Waals surface area contributed by atoms with Crippen molar-refractivity contribution in [2.45, 2.75) is 52.4 Å². The van der Waals surface area contributed by atoms with Crippen LogP contribution in [0.25, 0.3) is 27.5 Å². The molecule has 0 bridgehead atoms. The lowest BCUT2D eigenvalue weighted by Gasteiger charge is -2.19. The Morgan fingerprint density at radius 2 is 1.19 bits per heavy atom. The molecule has 4 aromatic rings. The summed E-state index contributed by atoms with van der Waals surface area (Å²) in [7, 11) is 0. The molecule has 154 valence electrons. The molecule has 3 aromatic carbocycles. The summed E-state index contributed by atoms with van der Waals surface area (Å²) >= 11 is 0. The van der Waals surface area contributed by atoms with Crippen LogP contribution in [-0.2, 0) is 10.8 Å². The van der Waals surface area contributed by atoms with Crippen molar-refractivity contribution in [3.63, 3.8) is 0 Å². The third kappa shape index (κ3) is 3.37. The molecule has 31 heavy (non-hydrogen) atoms. The van der Waals surface area contributed by atoms with Gasteiger partial charge in [-0.1, -0.05) is 59.7 Å². The Kier molecular flexibility index (Phi) is 4.68. The molecule has 0 unspecified atom stereocenters. The molecular weight excluding hydrogens is 378 g/mol. The van der Waals surface area contributed by atoms with Crippen LogP contribution in [0.15, 0.2) is 54.6 Å². The Bertz CT molecular complexity index is 1340. The molecule has 0 N–H and O–H groups in total. The Labute approximate surface area is 184 Å². The highest BCUT2D eigenvalue weighted by atomic mass is 15.0. The summed E-state index contributed by atoms with van der Waals surface area (Å²) in [6.07, 6.45) is 0. The minimum atomic E-state index is 0.0305. The lowest BCUT2D eigenvalue weighted by Crippen LogP contribution is -2.10. The Balaban J connectivity index is 2.19. The predicted octanol–water partition coefficient (Wildman–Crippen LogP) is 7.12. The van der Waals surface area contributed by atoms with Crippen LogP contribution >= 0.6 is 0 Å². The summed E-state index contributed by atoms with van der Waals surface area (Å²) in [5.74, 6) is 0. The zero-order valence-electron chi connectivity index (χ0n) is 19.0. The van der Waals surface area contributed by atoms with E-state index in [-0.39, 0.29) is 10.8 Å². The van der Waals surface area contributed by atoms with E-state index >= 15 is 0 Å². The maximum atomic E-state index is 9.86. The first-order chi connectivity index (χ1) is 14.6. The molecule has 0 saturated carbocycles. The zero-order valence-corrected chi connectivity index (χ0v) is 19.0. The largest absolute Gasteiger partial charge is 0.308 e. The molecule has 0 aliphatic heterocycles. The number of benzene rings is 3. The number of hydrogen-bond donors (Lipinski definition) is 0. The minimum absolute atomic E-state index is 0.0305. The summed E-state index contributed by atoms with van der Waals surface area (Å²) < 4.78 is 2.13. The Morgan fingerprint density at radius 3 is 1.61 bits per heavy atom. The SMILES string of the molecule is CC(C)(C)c1ccc2c(c1)c1cc(C(C)(C)C)ccc1n2-c1cccc(C#N)c1C#N. The molecular formula is C28H27N3. The average Bonchev–Trinajstić information content (AvgIpc) is 3.04. The van der Waals surface area contributed by atoms with Gasteiger partial charge < -0.3 is 4.57 Å². The fourth-order valence-electron chi connectivity index (χ4n) is 4.15. The van der Waals surface area contributed by atoms with E-state index < -0.39 is 0 Å². The van der Waals surface area contributed by atoms with Crippen LogP contribution in [0.5, 0.6) is 0 Å². The second-order valence-electron chi connectivity index (χ2n) is 10.2. The van der Waals surface area contributed by atoms with Crippen LogP contribution < -0.4 is 0 Å². The highest BCUT2D eigenvalue weighted by Crippen LogP contribution is 2.38. The van der Waals surface area contributed by atoms with Crippen LogP contribution in [0.3, 0.4) is 0 Å². The fraction of sp³-hybridized carbons (Fsp3) is 0.286. The normalized spacial score (nSPS) is 12.1. The lowest BCUT2D eigenvalue weighted by molar-refractivity contribution is 0.590. The monoisotopic (exact) mass is 405 g/mol. The fourth-order valence-corrected chi connectivity index (χ4v) is 4.15. The maximum Gasteiger partial charge on any atom is 0.103 e. The Morgan fingerprint density at radius 1 is 0.677 bits per heavy atom. The zero-order chi connectivity index (χ0) is 22.6. The molecule has 0 atom stereocenters. The van der Waals surface area contributed by atoms with E-state index in [1.54, 1.807) is 6.07 Å². The van der Waals surface area contributed by atoms with Gasteiger partial charge in [0.05, 0.1) is 27.8 Å². The van der Waals surface area contributed by atoms with E-state index in [2.05, 4.69) is 94.6 Å². The predicted molar refractivity (Wildman–Crippen MR) is 128 cm³/mol. The van der Waals surface area contributed by atoms with Crippen LogP contribution in [0, 0.1) is 22.7 Å². The molecule has 0 aliphatic carbocycles. The molecule has 0 aliphatic rings. The summed E-state index contributed by atoms with van der Waals surface area (Å²) in [5.41, 5.74) is 6.23. The first-order valence-electron chi connectivity index (χ1n) is 10.6. The first-order valence-corrected chi connectivity index (χ1v) is 10.6. The number of fused-ring (bicyclic) bond motifs is 3. The van der Waals surface area contributed by atoms with Gasteiger partial charge in [0.2, 0.25) is 0 Å². The van der Waals surface area contributed by atoms with Crippen molar-refractivity contribution in [3.05, 3.63) is 76.9 Å². The molecule has 1 heterocycles. The van der Waals surface area contributed by atoms with Gasteiger partial charge in [-0.3, -0.25) is 0 Å². The maximum absolute atomic E-state index is 9.86. The van der Waals surface area contributed by atoms with Gasteiger partial charge >= 0.3 is 0 Å². The van der Waals surface area contributed by atoms with Crippen molar-refractivity contribution in [3.8, 4) is 17.8 Å². The lowest BCUT2D eigenvalue weighted by atomic mass is 9.85. The van der Waals surface area contributed by atoms with E-state index in [1.165, 1.54) is 21.9 Å². The van der Waals surface area contributed by atoms with Gasteiger partial charge in [-0.15, -0.1) is 0 Å². The smallest absolute Gasteiger partial charge is 0.103 e. The van der Waals surface area contributed by atoms with Crippen LogP contribution in [-0.4, -0.2) is 4.57 Å². The van der Waals surface area contributed by atoms with Gasteiger partial charge in [-0.2, -0.15) is 10.5 Å². The molecule has 3 nitrogen and oxygen atoms in total. The summed E-state index contributed by atoms with van der Waals surface area (Å²) in [6, 6.07) is 23.1. The minimum Gasteiger partial charge on any atom is -0.308 e. The molecule has 0 spiro atoms. The van der Waals surface area contributed by atoms with Gasteiger partial charge in [-0.05, 0) is 58.4 Å². The van der Waals surface area contributed by atoms with Crippen molar-refractivity contribution in [1.82, 2.24) is 4.57 Å². The van der Waals surface area contributed by atoms with Crippen LogP contribution in [0.2, 0.25) is 0 Å². The number of rotatable bonds is 1. The van der Waals surface area contributed by atoms with Crippen molar-refractivity contribution in [2.24, 2.45) is 0 Å².